The second-order valence-corrected chi connectivity index (χ2v) is 7.89. The first kappa shape index (κ1) is 18.6. The van der Waals surface area contributed by atoms with Crippen LogP contribution in [0.15, 0.2) is 12.3 Å². The summed E-state index contributed by atoms with van der Waals surface area (Å²) in [4.78, 5) is 6.72. The highest BCUT2D eigenvalue weighted by atomic mass is 35.5. The monoisotopic (exact) mass is 329 g/mol. The molecule has 0 bridgehead atoms. The molecule has 0 saturated carbocycles. The number of thioether (sulfide) groups is 1. The molecule has 0 radical (unpaired) electrons. The maximum atomic E-state index is 6.42. The highest BCUT2D eigenvalue weighted by Gasteiger charge is 2.15. The third kappa shape index (κ3) is 6.45. The fraction of sp³-hybridized carbons (Fsp3) is 0.688. The molecule has 0 amide bonds. The van der Waals surface area contributed by atoms with Gasteiger partial charge in [-0.05, 0) is 57.8 Å². The quantitative estimate of drug-likeness (QED) is 0.811. The first-order chi connectivity index (χ1) is 9.74. The van der Waals surface area contributed by atoms with Crippen molar-refractivity contribution in [3.05, 3.63) is 22.8 Å². The fourth-order valence-corrected chi connectivity index (χ4v) is 2.78. The lowest BCUT2D eigenvalue weighted by Crippen LogP contribution is -2.35. The topological polar surface area (TPSA) is 28.2 Å². The van der Waals surface area contributed by atoms with Crippen molar-refractivity contribution in [1.29, 1.82) is 0 Å². The number of nitrogens with one attached hydrogen (secondary N) is 1. The van der Waals surface area contributed by atoms with Crippen LogP contribution >= 0.6 is 23.4 Å². The predicted molar refractivity (Wildman–Crippen MR) is 96.7 cm³/mol. The van der Waals surface area contributed by atoms with Crippen LogP contribution in [0, 0.1) is 0 Å². The van der Waals surface area contributed by atoms with Crippen molar-refractivity contribution in [3.8, 4) is 0 Å². The Balaban J connectivity index is 2.73. The largest absolute Gasteiger partial charge is 0.356 e. The van der Waals surface area contributed by atoms with Gasteiger partial charge in [-0.3, -0.25) is 0 Å². The van der Waals surface area contributed by atoms with Crippen LogP contribution < -0.4 is 10.2 Å². The van der Waals surface area contributed by atoms with Crippen LogP contribution in [-0.4, -0.2) is 35.6 Å². The predicted octanol–water partition coefficient (Wildman–Crippen LogP) is 4.20. The van der Waals surface area contributed by atoms with Crippen LogP contribution in [0.2, 0.25) is 5.02 Å². The number of nitrogens with zero attached hydrogens (tertiary/aromatic N) is 2. The van der Waals surface area contributed by atoms with Gasteiger partial charge in [0.05, 0.1) is 5.02 Å². The van der Waals surface area contributed by atoms with Crippen molar-refractivity contribution in [3.63, 3.8) is 0 Å². The summed E-state index contributed by atoms with van der Waals surface area (Å²) in [6.07, 6.45) is 5.18. The smallest absolute Gasteiger partial charge is 0.147 e. The number of anilines is 1. The molecule has 0 aliphatic rings. The van der Waals surface area contributed by atoms with E-state index in [-0.39, 0.29) is 5.54 Å². The Hall–Kier alpha value is -0.450. The first-order valence-corrected chi connectivity index (χ1v) is 9.13. The lowest BCUT2D eigenvalue weighted by molar-refractivity contribution is 0.424. The maximum absolute atomic E-state index is 6.42. The van der Waals surface area contributed by atoms with E-state index in [0.717, 1.165) is 35.1 Å². The number of hydrogen-bond acceptors (Lipinski definition) is 4. The van der Waals surface area contributed by atoms with E-state index in [1.54, 1.807) is 0 Å². The zero-order valence-corrected chi connectivity index (χ0v) is 15.6. The standard InChI is InChI=1S/C16H28ClN3S/c1-12(7-8-21-6)20(5)15-14(17)9-13(10-18-15)11-19-16(2,3)4/h9-10,12,19H,7-8,11H2,1-6H3. The van der Waals surface area contributed by atoms with Gasteiger partial charge in [0.25, 0.3) is 0 Å². The molecule has 5 heteroatoms. The lowest BCUT2D eigenvalue weighted by Gasteiger charge is -2.27. The summed E-state index contributed by atoms with van der Waals surface area (Å²) in [5.41, 5.74) is 1.21. The Morgan fingerprint density at radius 1 is 1.43 bits per heavy atom. The van der Waals surface area contributed by atoms with Gasteiger partial charge in [0.2, 0.25) is 0 Å². The third-order valence-electron chi connectivity index (χ3n) is 3.44. The molecule has 1 N–H and O–H groups in total. The van der Waals surface area contributed by atoms with Crippen molar-refractivity contribution in [2.24, 2.45) is 0 Å². The van der Waals surface area contributed by atoms with E-state index >= 15 is 0 Å². The molecule has 0 saturated heterocycles. The molecule has 1 heterocycles. The number of pyridine rings is 1. The van der Waals surface area contributed by atoms with Crippen LogP contribution in [0.3, 0.4) is 0 Å². The van der Waals surface area contributed by atoms with Crippen molar-refractivity contribution in [2.45, 2.75) is 52.2 Å². The second kappa shape index (κ2) is 8.25. The molecule has 1 rings (SSSR count). The molecule has 1 atom stereocenters. The molecule has 0 aromatic carbocycles. The Kier molecular flexibility index (Phi) is 7.31. The third-order valence-corrected chi connectivity index (χ3v) is 4.36. The molecule has 0 aliphatic heterocycles. The van der Waals surface area contributed by atoms with E-state index in [9.17, 15) is 0 Å². The summed E-state index contributed by atoms with van der Waals surface area (Å²) in [5.74, 6) is 2.02. The van der Waals surface area contributed by atoms with E-state index in [1.165, 1.54) is 0 Å². The number of aromatic nitrogens is 1. The van der Waals surface area contributed by atoms with Crippen LogP contribution in [-0.2, 0) is 6.54 Å². The van der Waals surface area contributed by atoms with E-state index in [2.05, 4.69) is 56.2 Å². The zero-order chi connectivity index (χ0) is 16.0. The minimum atomic E-state index is 0.0915. The van der Waals surface area contributed by atoms with E-state index < -0.39 is 0 Å². The Labute approximate surface area is 138 Å². The molecule has 1 unspecified atom stereocenters. The molecular weight excluding hydrogens is 302 g/mol. The van der Waals surface area contributed by atoms with Crippen LogP contribution in [0.25, 0.3) is 0 Å². The highest BCUT2D eigenvalue weighted by Crippen LogP contribution is 2.25. The van der Waals surface area contributed by atoms with Gasteiger partial charge in [0.1, 0.15) is 5.82 Å². The van der Waals surface area contributed by atoms with Crippen molar-refractivity contribution < 1.29 is 0 Å². The average Bonchev–Trinajstić information content (AvgIpc) is 2.41. The summed E-state index contributed by atoms with van der Waals surface area (Å²) in [7, 11) is 2.06. The normalized spacial score (nSPS) is 13.3. The van der Waals surface area contributed by atoms with E-state index in [4.69, 9.17) is 11.6 Å². The van der Waals surface area contributed by atoms with Gasteiger partial charge in [0.15, 0.2) is 0 Å². The minimum absolute atomic E-state index is 0.0915. The van der Waals surface area contributed by atoms with Gasteiger partial charge < -0.3 is 10.2 Å². The SMILES string of the molecule is CSCCC(C)N(C)c1ncc(CNC(C)(C)C)cc1Cl. The molecule has 0 aliphatic carbocycles. The fourth-order valence-electron chi connectivity index (χ4n) is 1.88. The average molecular weight is 330 g/mol. The summed E-state index contributed by atoms with van der Waals surface area (Å²) >= 11 is 8.28. The summed E-state index contributed by atoms with van der Waals surface area (Å²) in [6.45, 7) is 9.44. The van der Waals surface area contributed by atoms with Gasteiger partial charge in [-0.1, -0.05) is 11.6 Å². The zero-order valence-electron chi connectivity index (χ0n) is 14.0. The summed E-state index contributed by atoms with van der Waals surface area (Å²) in [6, 6.07) is 2.45. The Morgan fingerprint density at radius 2 is 2.10 bits per heavy atom. The van der Waals surface area contributed by atoms with Crippen LogP contribution in [0.1, 0.15) is 39.7 Å². The van der Waals surface area contributed by atoms with E-state index in [1.807, 2.05) is 24.0 Å². The van der Waals surface area contributed by atoms with Gasteiger partial charge in [-0.15, -0.1) is 0 Å². The summed E-state index contributed by atoms with van der Waals surface area (Å²) in [5, 5.41) is 4.17. The molecular formula is C16H28ClN3S. The number of halogens is 1. The summed E-state index contributed by atoms with van der Waals surface area (Å²) < 4.78 is 0. The van der Waals surface area contributed by atoms with Gasteiger partial charge in [-0.2, -0.15) is 11.8 Å². The molecule has 3 nitrogen and oxygen atoms in total. The van der Waals surface area contributed by atoms with Crippen molar-refractivity contribution in [1.82, 2.24) is 10.3 Å². The van der Waals surface area contributed by atoms with Gasteiger partial charge in [0, 0.05) is 31.4 Å². The van der Waals surface area contributed by atoms with E-state index in [0.29, 0.717) is 6.04 Å². The molecule has 0 fully saturated rings. The first-order valence-electron chi connectivity index (χ1n) is 7.36. The second-order valence-electron chi connectivity index (χ2n) is 6.49. The molecule has 1 aromatic rings. The molecule has 120 valence electrons. The van der Waals surface area contributed by atoms with Gasteiger partial charge >= 0.3 is 0 Å². The molecule has 1 aromatic heterocycles. The van der Waals surface area contributed by atoms with Gasteiger partial charge in [-0.25, -0.2) is 4.98 Å². The van der Waals surface area contributed by atoms with Crippen molar-refractivity contribution >= 4 is 29.2 Å². The maximum Gasteiger partial charge on any atom is 0.147 e. The molecule has 0 spiro atoms. The Bertz CT molecular complexity index is 446. The highest BCUT2D eigenvalue weighted by molar-refractivity contribution is 7.98. The van der Waals surface area contributed by atoms with Crippen molar-refractivity contribution in [2.75, 3.05) is 24.0 Å². The number of rotatable bonds is 7. The molecule has 21 heavy (non-hydrogen) atoms. The lowest BCUT2D eigenvalue weighted by atomic mass is 10.1. The van der Waals surface area contributed by atoms with Crippen LogP contribution in [0.5, 0.6) is 0 Å². The minimum Gasteiger partial charge on any atom is -0.356 e. The van der Waals surface area contributed by atoms with Crippen LogP contribution in [0.4, 0.5) is 5.82 Å². The number of hydrogen-bond donors (Lipinski definition) is 1. The Morgan fingerprint density at radius 3 is 2.62 bits per heavy atom.